The van der Waals surface area contributed by atoms with Crippen LogP contribution in [0.5, 0.6) is 0 Å². The van der Waals surface area contributed by atoms with Crippen LogP contribution in [0.15, 0.2) is 17.2 Å². The van der Waals surface area contributed by atoms with Gasteiger partial charge in [-0.2, -0.15) is 5.10 Å². The number of fused-ring (bicyclic) bond motifs is 1. The molecule has 1 aliphatic rings. The minimum absolute atomic E-state index is 0. The zero-order chi connectivity index (χ0) is 21.3. The van der Waals surface area contributed by atoms with Crippen LogP contribution < -0.4 is 16.5 Å². The Balaban J connectivity index is 0.00000341. The van der Waals surface area contributed by atoms with Crippen LogP contribution in [0, 0.1) is 5.92 Å². The number of nitrogens with two attached hydrogens (primary N) is 1. The average molecular weight is 448 g/mol. The zero-order valence-electron chi connectivity index (χ0n) is 18.2. The first-order valence-corrected chi connectivity index (χ1v) is 11.0. The molecule has 1 fully saturated rings. The molecule has 5 N–H and O–H groups in total. The number of carbonyl (C=O) groups is 2. The molecule has 0 atom stereocenters. The fraction of sp³-hybridized carbons (Fsp3) is 0.522. The standard InChI is InChI=1S/C23H33N5O2.ClH/c1-2-25-10-6-9-20-19(14-26-24)23-17(15-29)12-18(13-21(23)28-20)27-22(30)11-16-7-4-3-5-8-16;/h12-16,25,28H,2-11,24H2,1H3,(H,27,30);1H/b26-14-;. The molecule has 2 aromatic rings. The second kappa shape index (κ2) is 12.5. The highest BCUT2D eigenvalue weighted by molar-refractivity contribution is 6.10. The number of H-pyrrole nitrogens is 1. The Hall–Kier alpha value is -2.38. The maximum atomic E-state index is 12.5. The third-order valence-corrected chi connectivity index (χ3v) is 5.89. The van der Waals surface area contributed by atoms with E-state index in [0.29, 0.717) is 23.6 Å². The highest BCUT2D eigenvalue weighted by Gasteiger charge is 2.19. The lowest BCUT2D eigenvalue weighted by Crippen LogP contribution is -2.18. The van der Waals surface area contributed by atoms with E-state index in [0.717, 1.165) is 67.2 Å². The van der Waals surface area contributed by atoms with E-state index in [1.165, 1.54) is 19.3 Å². The molecule has 1 aliphatic carbocycles. The lowest BCUT2D eigenvalue weighted by Gasteiger charge is -2.20. The van der Waals surface area contributed by atoms with Crippen LogP contribution in [-0.4, -0.2) is 36.5 Å². The van der Waals surface area contributed by atoms with Crippen molar-refractivity contribution in [1.82, 2.24) is 10.3 Å². The Morgan fingerprint density at radius 1 is 1.29 bits per heavy atom. The second-order valence-electron chi connectivity index (χ2n) is 8.11. The maximum Gasteiger partial charge on any atom is 0.224 e. The van der Waals surface area contributed by atoms with Gasteiger partial charge >= 0.3 is 0 Å². The monoisotopic (exact) mass is 447 g/mol. The topological polar surface area (TPSA) is 112 Å². The smallest absolute Gasteiger partial charge is 0.224 e. The summed E-state index contributed by atoms with van der Waals surface area (Å²) < 4.78 is 0. The number of hydrogen-bond acceptors (Lipinski definition) is 5. The van der Waals surface area contributed by atoms with E-state index in [1.807, 2.05) is 6.07 Å². The quantitative estimate of drug-likeness (QED) is 0.144. The summed E-state index contributed by atoms with van der Waals surface area (Å²) in [4.78, 5) is 27.8. The molecule has 170 valence electrons. The fourth-order valence-electron chi connectivity index (χ4n) is 4.46. The molecule has 1 aromatic heterocycles. The van der Waals surface area contributed by atoms with Gasteiger partial charge in [-0.05, 0) is 56.8 Å². The van der Waals surface area contributed by atoms with Crippen molar-refractivity contribution in [3.8, 4) is 0 Å². The largest absolute Gasteiger partial charge is 0.358 e. The number of hydrazone groups is 1. The molecular weight excluding hydrogens is 414 g/mol. The molecule has 1 aromatic carbocycles. The number of aromatic amines is 1. The van der Waals surface area contributed by atoms with Crippen molar-refractivity contribution in [3.05, 3.63) is 29.0 Å². The van der Waals surface area contributed by atoms with Crippen molar-refractivity contribution in [2.75, 3.05) is 18.4 Å². The predicted molar refractivity (Wildman–Crippen MR) is 129 cm³/mol. The minimum Gasteiger partial charge on any atom is -0.358 e. The molecule has 1 saturated carbocycles. The number of rotatable bonds is 10. The Kier molecular flexibility index (Phi) is 10.0. The van der Waals surface area contributed by atoms with Crippen LogP contribution in [0.4, 0.5) is 5.69 Å². The minimum atomic E-state index is 0. The molecule has 0 radical (unpaired) electrons. The SMILES string of the molecule is CCNCCCc1[nH]c2cc(NC(=O)CC3CCCCC3)cc(C=O)c2c1/C=N\N.Cl. The number of aromatic nitrogens is 1. The molecular formula is C23H34ClN5O2. The van der Waals surface area contributed by atoms with Crippen LogP contribution in [0.3, 0.4) is 0 Å². The highest BCUT2D eigenvalue weighted by atomic mass is 35.5. The zero-order valence-corrected chi connectivity index (χ0v) is 19.0. The molecule has 7 nitrogen and oxygen atoms in total. The number of hydrogen-bond donors (Lipinski definition) is 4. The van der Waals surface area contributed by atoms with Gasteiger partial charge < -0.3 is 21.5 Å². The van der Waals surface area contributed by atoms with E-state index in [9.17, 15) is 9.59 Å². The van der Waals surface area contributed by atoms with Crippen LogP contribution in [0.1, 0.15) is 73.5 Å². The van der Waals surface area contributed by atoms with Gasteiger partial charge in [-0.3, -0.25) is 9.59 Å². The Bertz CT molecular complexity index is 903. The van der Waals surface area contributed by atoms with Crippen molar-refractivity contribution >= 4 is 47.4 Å². The number of nitrogens with one attached hydrogen (secondary N) is 3. The number of anilines is 1. The molecule has 0 saturated heterocycles. The maximum absolute atomic E-state index is 12.5. The third kappa shape index (κ3) is 6.55. The first kappa shape index (κ1) is 24.9. The summed E-state index contributed by atoms with van der Waals surface area (Å²) in [6, 6.07) is 3.63. The molecule has 0 spiro atoms. The van der Waals surface area contributed by atoms with Crippen molar-refractivity contribution in [1.29, 1.82) is 0 Å². The van der Waals surface area contributed by atoms with E-state index in [-0.39, 0.29) is 18.3 Å². The van der Waals surface area contributed by atoms with E-state index in [4.69, 9.17) is 5.84 Å². The molecule has 0 aliphatic heterocycles. The summed E-state index contributed by atoms with van der Waals surface area (Å²) in [5, 5.41) is 10.8. The Labute approximate surface area is 190 Å². The number of aryl methyl sites for hydroxylation is 1. The molecule has 1 heterocycles. The van der Waals surface area contributed by atoms with E-state index >= 15 is 0 Å². The summed E-state index contributed by atoms with van der Waals surface area (Å²) >= 11 is 0. The van der Waals surface area contributed by atoms with Gasteiger partial charge in [-0.25, -0.2) is 0 Å². The van der Waals surface area contributed by atoms with Crippen LogP contribution in [0.2, 0.25) is 0 Å². The molecule has 3 rings (SSSR count). The summed E-state index contributed by atoms with van der Waals surface area (Å²) in [6.45, 7) is 3.92. The summed E-state index contributed by atoms with van der Waals surface area (Å²) in [7, 11) is 0. The Morgan fingerprint density at radius 3 is 2.74 bits per heavy atom. The van der Waals surface area contributed by atoms with Crippen molar-refractivity contribution in [2.24, 2.45) is 16.9 Å². The normalized spacial score (nSPS) is 14.6. The summed E-state index contributed by atoms with van der Waals surface area (Å²) in [5.74, 6) is 5.91. The number of halogens is 1. The highest BCUT2D eigenvalue weighted by Crippen LogP contribution is 2.30. The van der Waals surface area contributed by atoms with Gasteiger partial charge in [0.2, 0.25) is 5.91 Å². The number of nitrogens with zero attached hydrogens (tertiary/aromatic N) is 1. The third-order valence-electron chi connectivity index (χ3n) is 5.89. The van der Waals surface area contributed by atoms with Crippen LogP contribution in [0.25, 0.3) is 10.9 Å². The lowest BCUT2D eigenvalue weighted by atomic mass is 9.87. The fourth-order valence-corrected chi connectivity index (χ4v) is 4.46. The molecule has 31 heavy (non-hydrogen) atoms. The van der Waals surface area contributed by atoms with Gasteiger partial charge in [0.05, 0.1) is 6.21 Å². The summed E-state index contributed by atoms with van der Waals surface area (Å²) in [5.41, 5.74) is 3.80. The number of benzene rings is 1. The van der Waals surface area contributed by atoms with E-state index in [2.05, 4.69) is 27.6 Å². The first-order chi connectivity index (χ1) is 14.7. The van der Waals surface area contributed by atoms with Crippen molar-refractivity contribution in [3.63, 3.8) is 0 Å². The number of amides is 1. The predicted octanol–water partition coefficient (Wildman–Crippen LogP) is 4.15. The van der Waals surface area contributed by atoms with Crippen LogP contribution >= 0.6 is 12.4 Å². The van der Waals surface area contributed by atoms with Gasteiger partial charge in [0.25, 0.3) is 0 Å². The molecule has 8 heteroatoms. The lowest BCUT2D eigenvalue weighted by molar-refractivity contribution is -0.117. The van der Waals surface area contributed by atoms with Gasteiger partial charge in [-0.1, -0.05) is 26.2 Å². The van der Waals surface area contributed by atoms with Crippen LogP contribution in [-0.2, 0) is 11.2 Å². The Morgan fingerprint density at radius 2 is 2.06 bits per heavy atom. The second-order valence-corrected chi connectivity index (χ2v) is 8.11. The number of carbonyl (C=O) groups excluding carboxylic acids is 2. The van der Waals surface area contributed by atoms with Gasteiger partial charge in [0.15, 0.2) is 6.29 Å². The first-order valence-electron chi connectivity index (χ1n) is 11.0. The van der Waals surface area contributed by atoms with Gasteiger partial charge in [0.1, 0.15) is 0 Å². The van der Waals surface area contributed by atoms with Crippen molar-refractivity contribution < 1.29 is 9.59 Å². The average Bonchev–Trinajstić information content (AvgIpc) is 3.09. The molecule has 1 amide bonds. The van der Waals surface area contributed by atoms with E-state index in [1.54, 1.807) is 12.3 Å². The van der Waals surface area contributed by atoms with E-state index < -0.39 is 0 Å². The molecule has 0 bridgehead atoms. The van der Waals surface area contributed by atoms with Crippen molar-refractivity contribution in [2.45, 2.75) is 58.3 Å². The van der Waals surface area contributed by atoms with Gasteiger partial charge in [0, 0.05) is 39.8 Å². The van der Waals surface area contributed by atoms with Gasteiger partial charge in [-0.15, -0.1) is 12.4 Å². The molecule has 0 unspecified atom stereocenters. The number of aldehydes is 1. The summed E-state index contributed by atoms with van der Waals surface area (Å²) in [6.07, 6.45) is 10.7.